The first-order valence-electron chi connectivity index (χ1n) is 6.18. The molecule has 4 nitrogen and oxygen atoms in total. The maximum atomic E-state index is 5.95. The quantitative estimate of drug-likeness (QED) is 0.690. The number of hydrogen-bond donors (Lipinski definition) is 0. The van der Waals surface area contributed by atoms with Gasteiger partial charge in [-0.05, 0) is 33.6 Å². The zero-order valence-electron chi connectivity index (χ0n) is 12.1. The molecule has 0 radical (unpaired) electrons. The summed E-state index contributed by atoms with van der Waals surface area (Å²) in [4.78, 5) is 0. The highest BCUT2D eigenvalue weighted by molar-refractivity contribution is 7.10. The van der Waals surface area contributed by atoms with Gasteiger partial charge in [0.15, 0.2) is 0 Å². The van der Waals surface area contributed by atoms with E-state index >= 15 is 0 Å². The van der Waals surface area contributed by atoms with Crippen molar-refractivity contribution in [3.63, 3.8) is 0 Å². The second kappa shape index (κ2) is 5.31. The van der Waals surface area contributed by atoms with Gasteiger partial charge >= 0.3 is 14.0 Å². The highest BCUT2D eigenvalue weighted by atomic mass is 16.7. The summed E-state index contributed by atoms with van der Waals surface area (Å²) in [5.41, 5.74) is -0.549. The molecule has 98 valence electrons. The van der Waals surface area contributed by atoms with Crippen molar-refractivity contribution >= 4 is 14.0 Å². The summed E-state index contributed by atoms with van der Waals surface area (Å²) in [6.07, 6.45) is 0. The van der Waals surface area contributed by atoms with Crippen molar-refractivity contribution < 1.29 is 18.6 Å². The Bertz CT molecular complexity index is 256. The molecule has 0 aromatic carbocycles. The molecule has 0 spiro atoms. The van der Waals surface area contributed by atoms with Gasteiger partial charge in [-0.25, -0.2) is 0 Å². The molecular weight excluding hydrogens is 218 g/mol. The van der Waals surface area contributed by atoms with E-state index in [9.17, 15) is 0 Å². The molecule has 1 aliphatic heterocycles. The first-order chi connectivity index (χ1) is 7.68. The van der Waals surface area contributed by atoms with Crippen molar-refractivity contribution in [2.75, 3.05) is 13.7 Å². The molecule has 1 fully saturated rings. The van der Waals surface area contributed by atoms with Gasteiger partial charge in [0.25, 0.3) is 0 Å². The average Bonchev–Trinajstić information content (AvgIpc) is 2.55. The van der Waals surface area contributed by atoms with Crippen LogP contribution in [0.15, 0.2) is 0 Å². The maximum Gasteiger partial charge on any atom is 0.488 e. The molecule has 0 amide bonds. The van der Waals surface area contributed by atoms with Gasteiger partial charge in [-0.3, -0.25) is 0 Å². The predicted octanol–water partition coefficient (Wildman–Crippen LogP) is 1.96. The Morgan fingerprint density at radius 1 is 1.35 bits per heavy atom. The van der Waals surface area contributed by atoms with Crippen LogP contribution in [0.5, 0.6) is 0 Å². The van der Waals surface area contributed by atoms with Gasteiger partial charge < -0.3 is 18.6 Å². The third-order valence-electron chi connectivity index (χ3n) is 3.30. The Morgan fingerprint density at radius 3 is 2.29 bits per heavy atom. The predicted molar refractivity (Wildman–Crippen MR) is 69.6 cm³/mol. The van der Waals surface area contributed by atoms with E-state index in [0.29, 0.717) is 12.5 Å². The number of hydrogen-bond acceptors (Lipinski definition) is 4. The van der Waals surface area contributed by atoms with Crippen LogP contribution in [0.1, 0.15) is 41.5 Å². The van der Waals surface area contributed by atoms with Crippen LogP contribution >= 0.6 is 0 Å². The van der Waals surface area contributed by atoms with Crippen LogP contribution in [0.2, 0.25) is 0 Å². The van der Waals surface area contributed by atoms with E-state index in [-0.39, 0.29) is 11.2 Å². The molecule has 0 aromatic rings. The second-order valence-corrected chi connectivity index (χ2v) is 6.04. The molecule has 0 aromatic heterocycles. The van der Waals surface area contributed by atoms with E-state index in [1.54, 1.807) is 7.11 Å². The topological polar surface area (TPSA) is 36.9 Å². The van der Waals surface area contributed by atoms with Gasteiger partial charge in [0, 0.05) is 7.11 Å². The molecule has 0 atom stereocenters. The molecule has 0 unspecified atom stereocenters. The molecule has 0 bridgehead atoms. The molecule has 6 heteroatoms. The van der Waals surface area contributed by atoms with Gasteiger partial charge in [-0.2, -0.15) is 0 Å². The Balaban J connectivity index is 2.61. The van der Waals surface area contributed by atoms with Crippen molar-refractivity contribution in [1.82, 2.24) is 0 Å². The minimum atomic E-state index is -0.492. The maximum absolute atomic E-state index is 5.95. The van der Waals surface area contributed by atoms with Crippen molar-refractivity contribution in [2.45, 2.75) is 52.7 Å². The van der Waals surface area contributed by atoms with Crippen LogP contribution in [-0.2, 0) is 18.6 Å². The summed E-state index contributed by atoms with van der Waals surface area (Å²) in [7, 11) is 0.668. The average molecular weight is 242 g/mol. The van der Waals surface area contributed by atoms with E-state index in [2.05, 4.69) is 13.8 Å². The lowest BCUT2D eigenvalue weighted by Crippen LogP contribution is -2.49. The molecule has 0 N–H and O–H groups in total. The molecule has 0 aliphatic carbocycles. The summed E-state index contributed by atoms with van der Waals surface area (Å²) < 4.78 is 22.6. The largest absolute Gasteiger partial charge is 0.488 e. The summed E-state index contributed by atoms with van der Waals surface area (Å²) in [5, 5.41) is 0. The first kappa shape index (κ1) is 15.0. The van der Waals surface area contributed by atoms with Gasteiger partial charge in [-0.1, -0.05) is 13.8 Å². The molecule has 0 saturated carbocycles. The lowest BCUT2D eigenvalue weighted by Gasteiger charge is -2.33. The first-order valence-corrected chi connectivity index (χ1v) is 6.18. The Morgan fingerprint density at radius 2 is 1.94 bits per heavy atom. The molecule has 1 saturated heterocycles. The SMILES string of the molecule is COB(OC(C)(C)C(C)C)B1OCC(C)(C)O1. The summed E-state index contributed by atoms with van der Waals surface area (Å²) in [6.45, 7) is 12.9. The molecule has 17 heavy (non-hydrogen) atoms. The van der Waals surface area contributed by atoms with Crippen LogP contribution in [0.25, 0.3) is 0 Å². The molecular formula is C11H24B2O4. The fourth-order valence-electron chi connectivity index (χ4n) is 1.45. The molecule has 1 heterocycles. The van der Waals surface area contributed by atoms with Crippen molar-refractivity contribution in [1.29, 1.82) is 0 Å². The smallest absolute Gasteiger partial charge is 0.416 e. The standard InChI is InChI=1S/C11H24B2O4/c1-9(2)11(5,6)17-12(14-7)13-15-8-10(3,4)16-13/h9H,8H2,1-7H3. The van der Waals surface area contributed by atoms with E-state index in [1.807, 2.05) is 27.7 Å². The number of rotatable bonds is 5. The molecule has 1 aliphatic rings. The van der Waals surface area contributed by atoms with Crippen LogP contribution in [0, 0.1) is 5.92 Å². The Labute approximate surface area is 106 Å². The van der Waals surface area contributed by atoms with Gasteiger partial charge in [-0.15, -0.1) is 0 Å². The zero-order valence-corrected chi connectivity index (χ0v) is 12.1. The van der Waals surface area contributed by atoms with Crippen LogP contribution in [-0.4, -0.2) is 38.9 Å². The fourth-order valence-corrected chi connectivity index (χ4v) is 1.45. The van der Waals surface area contributed by atoms with E-state index < -0.39 is 14.0 Å². The minimum absolute atomic E-state index is 0.271. The van der Waals surface area contributed by atoms with E-state index in [0.717, 1.165) is 0 Å². The van der Waals surface area contributed by atoms with Crippen molar-refractivity contribution in [3.05, 3.63) is 0 Å². The minimum Gasteiger partial charge on any atom is -0.416 e. The summed E-state index contributed by atoms with van der Waals surface area (Å²) >= 11 is 0. The monoisotopic (exact) mass is 242 g/mol. The van der Waals surface area contributed by atoms with Gasteiger partial charge in [0.05, 0.1) is 17.8 Å². The van der Waals surface area contributed by atoms with Crippen LogP contribution in [0.3, 0.4) is 0 Å². The highest BCUT2D eigenvalue weighted by Crippen LogP contribution is 2.26. The second-order valence-electron chi connectivity index (χ2n) is 6.04. The Hall–Kier alpha value is -0.0301. The lowest BCUT2D eigenvalue weighted by molar-refractivity contribution is 0.0351. The van der Waals surface area contributed by atoms with Crippen molar-refractivity contribution in [2.24, 2.45) is 5.92 Å². The van der Waals surface area contributed by atoms with Gasteiger partial charge in [0.1, 0.15) is 0 Å². The summed E-state index contributed by atoms with van der Waals surface area (Å²) in [5.74, 6) is 0.384. The lowest BCUT2D eigenvalue weighted by atomic mass is 9.48. The fraction of sp³-hybridized carbons (Fsp3) is 1.00. The summed E-state index contributed by atoms with van der Waals surface area (Å²) in [6, 6.07) is 0. The highest BCUT2D eigenvalue weighted by Gasteiger charge is 2.49. The van der Waals surface area contributed by atoms with E-state index in [1.165, 1.54) is 0 Å². The molecule has 1 rings (SSSR count). The van der Waals surface area contributed by atoms with Crippen molar-refractivity contribution in [3.8, 4) is 0 Å². The van der Waals surface area contributed by atoms with Gasteiger partial charge in [0.2, 0.25) is 0 Å². The third kappa shape index (κ3) is 3.98. The van der Waals surface area contributed by atoms with Crippen LogP contribution in [0.4, 0.5) is 0 Å². The Kier molecular flexibility index (Phi) is 4.69. The third-order valence-corrected chi connectivity index (χ3v) is 3.30. The van der Waals surface area contributed by atoms with Crippen LogP contribution < -0.4 is 0 Å². The zero-order chi connectivity index (χ0) is 13.3. The van der Waals surface area contributed by atoms with E-state index in [4.69, 9.17) is 18.6 Å². The normalized spacial score (nSPS) is 20.1.